The van der Waals surface area contributed by atoms with Crippen LogP contribution < -0.4 is 11.1 Å². The van der Waals surface area contributed by atoms with Gasteiger partial charge in [-0.3, -0.25) is 9.69 Å². The van der Waals surface area contributed by atoms with Gasteiger partial charge in [-0.1, -0.05) is 26.3 Å². The first-order chi connectivity index (χ1) is 10.5. The van der Waals surface area contributed by atoms with Crippen LogP contribution in [0.2, 0.25) is 0 Å². The molecule has 122 valence electrons. The third kappa shape index (κ3) is 4.47. The normalized spacial score (nSPS) is 19.4. The van der Waals surface area contributed by atoms with E-state index in [2.05, 4.69) is 31.0 Å². The second kappa shape index (κ2) is 7.63. The molecule has 0 radical (unpaired) electrons. The zero-order chi connectivity index (χ0) is 16.1. The second-order valence-electron chi connectivity index (χ2n) is 6.83. The molecule has 4 nitrogen and oxygen atoms in total. The van der Waals surface area contributed by atoms with Gasteiger partial charge in [0.15, 0.2) is 0 Å². The first-order valence-corrected chi connectivity index (χ1v) is 8.38. The summed E-state index contributed by atoms with van der Waals surface area (Å²) in [4.78, 5) is 14.6. The van der Waals surface area contributed by atoms with E-state index in [-0.39, 0.29) is 5.91 Å². The van der Waals surface area contributed by atoms with Crippen LogP contribution in [-0.4, -0.2) is 29.9 Å². The average molecular weight is 303 g/mol. The van der Waals surface area contributed by atoms with Crippen LogP contribution in [0.3, 0.4) is 0 Å². The Labute approximate surface area is 134 Å². The highest BCUT2D eigenvalue weighted by molar-refractivity contribution is 5.95. The summed E-state index contributed by atoms with van der Waals surface area (Å²) in [6, 6.07) is 6.30. The van der Waals surface area contributed by atoms with Crippen molar-refractivity contribution in [1.29, 1.82) is 0 Å². The Kier molecular flexibility index (Phi) is 5.83. The summed E-state index contributed by atoms with van der Waals surface area (Å²) in [5.41, 5.74) is 8.66. The van der Waals surface area contributed by atoms with Crippen molar-refractivity contribution in [3.63, 3.8) is 0 Å². The highest BCUT2D eigenvalue weighted by Gasteiger charge is 2.19. The number of likely N-dealkylation sites (tertiary alicyclic amines) is 1. The van der Waals surface area contributed by atoms with E-state index in [9.17, 15) is 4.79 Å². The zero-order valence-corrected chi connectivity index (χ0v) is 14.1. The molecule has 1 aliphatic rings. The van der Waals surface area contributed by atoms with Crippen LogP contribution in [0.4, 0.5) is 5.69 Å². The van der Waals surface area contributed by atoms with Crippen LogP contribution >= 0.6 is 0 Å². The molecule has 3 N–H and O–H groups in total. The molecule has 0 spiro atoms. The monoisotopic (exact) mass is 303 g/mol. The van der Waals surface area contributed by atoms with E-state index in [1.807, 2.05) is 12.1 Å². The van der Waals surface area contributed by atoms with Crippen molar-refractivity contribution in [2.75, 3.05) is 18.8 Å². The molecule has 0 aromatic heterocycles. The third-order valence-corrected chi connectivity index (χ3v) is 4.39. The molecule has 1 aromatic rings. The van der Waals surface area contributed by atoms with Crippen LogP contribution in [-0.2, 0) is 6.54 Å². The maximum Gasteiger partial charge on any atom is 0.251 e. The number of rotatable bonds is 5. The number of anilines is 1. The number of benzene rings is 1. The molecule has 4 heteroatoms. The van der Waals surface area contributed by atoms with E-state index in [1.54, 1.807) is 6.07 Å². The fraction of sp³-hybridized carbons (Fsp3) is 0.611. The highest BCUT2D eigenvalue weighted by Crippen LogP contribution is 2.22. The van der Waals surface area contributed by atoms with Gasteiger partial charge in [-0.2, -0.15) is 0 Å². The van der Waals surface area contributed by atoms with E-state index in [1.165, 1.54) is 19.3 Å². The van der Waals surface area contributed by atoms with Crippen molar-refractivity contribution < 1.29 is 4.79 Å². The Morgan fingerprint density at radius 3 is 2.82 bits per heavy atom. The molecule has 0 saturated carbocycles. The smallest absolute Gasteiger partial charge is 0.251 e. The number of nitrogen functional groups attached to an aromatic ring is 1. The van der Waals surface area contributed by atoms with Crippen LogP contribution in [0.15, 0.2) is 18.2 Å². The maximum atomic E-state index is 12.1. The molecule has 22 heavy (non-hydrogen) atoms. The predicted octanol–water partition coefficient (Wildman–Crippen LogP) is 3.03. The number of carbonyl (C=O) groups is 1. The van der Waals surface area contributed by atoms with Gasteiger partial charge < -0.3 is 11.1 Å². The largest absolute Gasteiger partial charge is 0.398 e. The minimum Gasteiger partial charge on any atom is -0.398 e. The minimum atomic E-state index is -0.0432. The number of nitrogens with zero attached hydrogens (tertiary/aromatic N) is 1. The number of hydrogen-bond donors (Lipinski definition) is 2. The van der Waals surface area contributed by atoms with Crippen LogP contribution in [0.5, 0.6) is 0 Å². The molecule has 1 amide bonds. The molecule has 1 aromatic carbocycles. The van der Waals surface area contributed by atoms with Gasteiger partial charge in [-0.15, -0.1) is 0 Å². The molecule has 1 saturated heterocycles. The standard InChI is InChI=1S/C18H29N3O/c1-13(2)11-20-18(22)15-7-8-16(17(19)10-15)12-21-9-5-4-6-14(21)3/h7-8,10,13-14H,4-6,9,11-12,19H2,1-3H3,(H,20,22). The predicted molar refractivity (Wildman–Crippen MR) is 91.7 cm³/mol. The number of nitrogens with one attached hydrogen (secondary N) is 1. The molecule has 2 rings (SSSR count). The van der Waals surface area contributed by atoms with E-state index in [0.717, 1.165) is 24.3 Å². The summed E-state index contributed by atoms with van der Waals surface area (Å²) in [7, 11) is 0. The van der Waals surface area contributed by atoms with Crippen molar-refractivity contribution in [2.45, 2.75) is 52.6 Å². The molecule has 1 fully saturated rings. The van der Waals surface area contributed by atoms with Gasteiger partial charge in [0.1, 0.15) is 0 Å². The van der Waals surface area contributed by atoms with Gasteiger partial charge in [0.25, 0.3) is 5.91 Å². The Morgan fingerprint density at radius 1 is 1.41 bits per heavy atom. The van der Waals surface area contributed by atoms with Crippen LogP contribution in [0.25, 0.3) is 0 Å². The molecular formula is C18H29N3O. The van der Waals surface area contributed by atoms with Crippen molar-refractivity contribution in [1.82, 2.24) is 10.2 Å². The third-order valence-electron chi connectivity index (χ3n) is 4.39. The number of amides is 1. The highest BCUT2D eigenvalue weighted by atomic mass is 16.1. The van der Waals surface area contributed by atoms with Crippen LogP contribution in [0.1, 0.15) is 56.0 Å². The van der Waals surface area contributed by atoms with E-state index >= 15 is 0 Å². The quantitative estimate of drug-likeness (QED) is 0.822. The van der Waals surface area contributed by atoms with Gasteiger partial charge in [0, 0.05) is 30.4 Å². The lowest BCUT2D eigenvalue weighted by atomic mass is 10.0. The number of piperidine rings is 1. The van der Waals surface area contributed by atoms with E-state index in [4.69, 9.17) is 5.73 Å². The summed E-state index contributed by atoms with van der Waals surface area (Å²) in [6.45, 7) is 9.14. The van der Waals surface area contributed by atoms with Gasteiger partial charge >= 0.3 is 0 Å². The Bertz CT molecular complexity index is 513. The van der Waals surface area contributed by atoms with E-state index < -0.39 is 0 Å². The maximum absolute atomic E-state index is 12.1. The van der Waals surface area contributed by atoms with E-state index in [0.29, 0.717) is 24.1 Å². The fourth-order valence-corrected chi connectivity index (χ4v) is 2.89. The SMILES string of the molecule is CC(C)CNC(=O)c1ccc(CN2CCCCC2C)c(N)c1. The topological polar surface area (TPSA) is 58.4 Å². The summed E-state index contributed by atoms with van der Waals surface area (Å²) in [6.07, 6.45) is 3.84. The van der Waals surface area contributed by atoms with Gasteiger partial charge in [-0.25, -0.2) is 0 Å². The van der Waals surface area contributed by atoms with Crippen LogP contribution in [0, 0.1) is 5.92 Å². The van der Waals surface area contributed by atoms with Crippen molar-refractivity contribution in [2.24, 2.45) is 5.92 Å². The Morgan fingerprint density at radius 2 is 2.18 bits per heavy atom. The minimum absolute atomic E-state index is 0.0432. The molecule has 1 atom stereocenters. The summed E-state index contributed by atoms with van der Waals surface area (Å²) in [5, 5.41) is 2.93. The van der Waals surface area contributed by atoms with Gasteiger partial charge in [0.05, 0.1) is 0 Å². The average Bonchev–Trinajstić information content (AvgIpc) is 2.49. The summed E-state index contributed by atoms with van der Waals surface area (Å²) >= 11 is 0. The molecule has 1 heterocycles. The molecule has 1 aliphatic heterocycles. The van der Waals surface area contributed by atoms with Crippen molar-refractivity contribution in [3.8, 4) is 0 Å². The molecule has 0 aliphatic carbocycles. The first kappa shape index (κ1) is 16.8. The lowest BCUT2D eigenvalue weighted by molar-refractivity contribution is 0.0949. The molecular weight excluding hydrogens is 274 g/mol. The lowest BCUT2D eigenvalue weighted by Crippen LogP contribution is -2.37. The number of hydrogen-bond acceptors (Lipinski definition) is 3. The zero-order valence-electron chi connectivity index (χ0n) is 14.1. The molecule has 0 bridgehead atoms. The Hall–Kier alpha value is -1.55. The first-order valence-electron chi connectivity index (χ1n) is 8.38. The van der Waals surface area contributed by atoms with Gasteiger partial charge in [0.2, 0.25) is 0 Å². The van der Waals surface area contributed by atoms with Crippen molar-refractivity contribution in [3.05, 3.63) is 29.3 Å². The fourth-order valence-electron chi connectivity index (χ4n) is 2.89. The van der Waals surface area contributed by atoms with Crippen molar-refractivity contribution >= 4 is 11.6 Å². The second-order valence-corrected chi connectivity index (χ2v) is 6.83. The number of carbonyl (C=O) groups excluding carboxylic acids is 1. The summed E-state index contributed by atoms with van der Waals surface area (Å²) in [5.74, 6) is 0.402. The lowest BCUT2D eigenvalue weighted by Gasteiger charge is -2.33. The summed E-state index contributed by atoms with van der Waals surface area (Å²) < 4.78 is 0. The van der Waals surface area contributed by atoms with Gasteiger partial charge in [-0.05, 0) is 49.9 Å². The Balaban J connectivity index is 2.01. The number of nitrogens with two attached hydrogens (primary N) is 1. The molecule has 1 unspecified atom stereocenters.